The van der Waals surface area contributed by atoms with E-state index >= 15 is 0 Å². The highest BCUT2D eigenvalue weighted by molar-refractivity contribution is 6.30. The zero-order chi connectivity index (χ0) is 13.0. The van der Waals surface area contributed by atoms with Gasteiger partial charge >= 0.3 is 0 Å². The van der Waals surface area contributed by atoms with Gasteiger partial charge in [0.1, 0.15) is 0 Å². The van der Waals surface area contributed by atoms with Gasteiger partial charge in [-0.05, 0) is 49.1 Å². The molecule has 1 unspecified atom stereocenters. The second-order valence-corrected chi connectivity index (χ2v) is 5.48. The summed E-state index contributed by atoms with van der Waals surface area (Å²) in [7, 11) is 1.77. The number of rotatable bonds is 4. The van der Waals surface area contributed by atoms with Crippen LogP contribution in [0.15, 0.2) is 18.2 Å². The Morgan fingerprint density at radius 1 is 1.50 bits per heavy atom. The van der Waals surface area contributed by atoms with E-state index in [1.54, 1.807) is 7.11 Å². The molecule has 1 heterocycles. The predicted molar refractivity (Wildman–Crippen MR) is 75.7 cm³/mol. The molecule has 0 spiro atoms. The van der Waals surface area contributed by atoms with Crippen LogP contribution in [0.1, 0.15) is 18.4 Å². The van der Waals surface area contributed by atoms with Gasteiger partial charge in [-0.25, -0.2) is 0 Å². The van der Waals surface area contributed by atoms with Crippen molar-refractivity contribution in [2.24, 2.45) is 5.92 Å². The van der Waals surface area contributed by atoms with Crippen LogP contribution in [0.3, 0.4) is 0 Å². The fourth-order valence-corrected chi connectivity index (χ4v) is 2.81. The Balaban J connectivity index is 1.98. The molecule has 3 nitrogen and oxygen atoms in total. The van der Waals surface area contributed by atoms with Crippen molar-refractivity contribution in [1.82, 2.24) is 4.90 Å². The molecule has 0 radical (unpaired) electrons. The van der Waals surface area contributed by atoms with Crippen LogP contribution in [0.4, 0.5) is 5.69 Å². The second kappa shape index (κ2) is 6.41. The molecular formula is C14H21ClN2O. The summed E-state index contributed by atoms with van der Waals surface area (Å²) < 4.78 is 5.25. The van der Waals surface area contributed by atoms with Crippen molar-refractivity contribution in [3.63, 3.8) is 0 Å². The molecule has 1 aromatic carbocycles. The van der Waals surface area contributed by atoms with Crippen LogP contribution in [-0.2, 0) is 11.3 Å². The normalized spacial score (nSPS) is 21.1. The number of likely N-dealkylation sites (tertiary alicyclic amines) is 1. The van der Waals surface area contributed by atoms with Gasteiger partial charge < -0.3 is 10.5 Å². The number of hydrogen-bond acceptors (Lipinski definition) is 3. The Morgan fingerprint density at radius 2 is 2.33 bits per heavy atom. The number of nitrogen functional groups attached to an aromatic ring is 1. The Kier molecular flexibility index (Phi) is 4.87. The number of ether oxygens (including phenoxy) is 1. The summed E-state index contributed by atoms with van der Waals surface area (Å²) in [6.07, 6.45) is 2.49. The molecular weight excluding hydrogens is 248 g/mol. The predicted octanol–water partition coefficient (Wildman–Crippen LogP) is 2.78. The molecule has 0 amide bonds. The first kappa shape index (κ1) is 13.7. The van der Waals surface area contributed by atoms with Crippen molar-refractivity contribution >= 4 is 17.3 Å². The number of hydrogen-bond donors (Lipinski definition) is 1. The van der Waals surface area contributed by atoms with E-state index in [0.717, 1.165) is 42.5 Å². The van der Waals surface area contributed by atoms with Crippen LogP contribution >= 0.6 is 11.6 Å². The first-order chi connectivity index (χ1) is 8.69. The number of anilines is 1. The fraction of sp³-hybridized carbons (Fsp3) is 0.571. The van der Waals surface area contributed by atoms with E-state index in [-0.39, 0.29) is 0 Å². The van der Waals surface area contributed by atoms with Crippen molar-refractivity contribution in [3.8, 4) is 0 Å². The van der Waals surface area contributed by atoms with Crippen LogP contribution in [0, 0.1) is 5.92 Å². The molecule has 0 aliphatic carbocycles. The number of piperidine rings is 1. The third-order valence-electron chi connectivity index (χ3n) is 3.50. The van der Waals surface area contributed by atoms with Gasteiger partial charge in [-0.3, -0.25) is 4.90 Å². The lowest BCUT2D eigenvalue weighted by Crippen LogP contribution is -2.36. The lowest BCUT2D eigenvalue weighted by Gasteiger charge is -2.32. The van der Waals surface area contributed by atoms with Gasteiger partial charge in [0.15, 0.2) is 0 Å². The van der Waals surface area contributed by atoms with E-state index in [9.17, 15) is 0 Å². The average Bonchev–Trinajstić information content (AvgIpc) is 2.35. The largest absolute Gasteiger partial charge is 0.398 e. The van der Waals surface area contributed by atoms with E-state index in [0.29, 0.717) is 5.92 Å². The lowest BCUT2D eigenvalue weighted by atomic mass is 9.98. The van der Waals surface area contributed by atoms with E-state index in [2.05, 4.69) is 4.90 Å². The first-order valence-corrected chi connectivity index (χ1v) is 6.82. The SMILES string of the molecule is COCC1CCCN(Cc2cc(Cl)ccc2N)C1. The van der Waals surface area contributed by atoms with Crippen LogP contribution in [0.2, 0.25) is 5.02 Å². The Hall–Kier alpha value is -0.770. The van der Waals surface area contributed by atoms with E-state index in [1.807, 2.05) is 18.2 Å². The van der Waals surface area contributed by atoms with Gasteiger partial charge in [0.25, 0.3) is 0 Å². The summed E-state index contributed by atoms with van der Waals surface area (Å²) in [5.41, 5.74) is 7.94. The molecule has 4 heteroatoms. The maximum absolute atomic E-state index is 6.02. The third-order valence-corrected chi connectivity index (χ3v) is 3.74. The highest BCUT2D eigenvalue weighted by atomic mass is 35.5. The van der Waals surface area contributed by atoms with Crippen LogP contribution in [0.25, 0.3) is 0 Å². The smallest absolute Gasteiger partial charge is 0.0502 e. The molecule has 1 aliphatic rings. The maximum Gasteiger partial charge on any atom is 0.0502 e. The van der Waals surface area contributed by atoms with Crippen molar-refractivity contribution in [2.45, 2.75) is 19.4 Å². The topological polar surface area (TPSA) is 38.5 Å². The molecule has 0 aromatic heterocycles. The number of methoxy groups -OCH3 is 1. The lowest BCUT2D eigenvalue weighted by molar-refractivity contribution is 0.0875. The van der Waals surface area contributed by atoms with Crippen molar-refractivity contribution < 1.29 is 4.74 Å². The first-order valence-electron chi connectivity index (χ1n) is 6.44. The molecule has 1 aliphatic heterocycles. The molecule has 1 saturated heterocycles. The molecule has 2 rings (SSSR count). The van der Waals surface area contributed by atoms with Crippen molar-refractivity contribution in [1.29, 1.82) is 0 Å². The minimum Gasteiger partial charge on any atom is -0.398 e. The Bertz CT molecular complexity index is 395. The molecule has 18 heavy (non-hydrogen) atoms. The Labute approximate surface area is 114 Å². The van der Waals surface area contributed by atoms with E-state index < -0.39 is 0 Å². The van der Waals surface area contributed by atoms with Crippen molar-refractivity contribution in [2.75, 3.05) is 32.5 Å². The van der Waals surface area contributed by atoms with Gasteiger partial charge in [0.05, 0.1) is 6.61 Å². The summed E-state index contributed by atoms with van der Waals surface area (Å²) in [6, 6.07) is 5.69. The van der Waals surface area contributed by atoms with Gasteiger partial charge in [-0.1, -0.05) is 11.6 Å². The standard InChI is InChI=1S/C14H21ClN2O/c1-18-10-11-3-2-6-17(8-11)9-12-7-13(15)4-5-14(12)16/h4-5,7,11H,2-3,6,8-10,16H2,1H3. The molecule has 1 atom stereocenters. The molecule has 1 fully saturated rings. The quantitative estimate of drug-likeness (QED) is 0.854. The molecule has 2 N–H and O–H groups in total. The monoisotopic (exact) mass is 268 g/mol. The fourth-order valence-electron chi connectivity index (χ4n) is 2.62. The molecule has 0 saturated carbocycles. The van der Waals surface area contributed by atoms with Crippen LogP contribution in [-0.4, -0.2) is 31.7 Å². The van der Waals surface area contributed by atoms with E-state index in [4.69, 9.17) is 22.1 Å². The highest BCUT2D eigenvalue weighted by Crippen LogP contribution is 2.23. The zero-order valence-electron chi connectivity index (χ0n) is 10.9. The minimum absolute atomic E-state index is 0.643. The van der Waals surface area contributed by atoms with Gasteiger partial charge in [0, 0.05) is 30.9 Å². The maximum atomic E-state index is 6.02. The summed E-state index contributed by atoms with van der Waals surface area (Å²) in [5, 5.41) is 0.754. The van der Waals surface area contributed by atoms with Crippen LogP contribution in [0.5, 0.6) is 0 Å². The Morgan fingerprint density at radius 3 is 3.11 bits per heavy atom. The highest BCUT2D eigenvalue weighted by Gasteiger charge is 2.20. The third kappa shape index (κ3) is 3.61. The number of halogens is 1. The summed E-state index contributed by atoms with van der Waals surface area (Å²) >= 11 is 6.02. The zero-order valence-corrected chi connectivity index (χ0v) is 11.6. The molecule has 1 aromatic rings. The second-order valence-electron chi connectivity index (χ2n) is 5.04. The number of nitrogens with two attached hydrogens (primary N) is 1. The van der Waals surface area contributed by atoms with Gasteiger partial charge in [0.2, 0.25) is 0 Å². The minimum atomic E-state index is 0.643. The average molecular weight is 269 g/mol. The number of benzene rings is 1. The summed E-state index contributed by atoms with van der Waals surface area (Å²) in [4.78, 5) is 2.44. The molecule has 100 valence electrons. The molecule has 0 bridgehead atoms. The summed E-state index contributed by atoms with van der Waals surface area (Å²) in [5.74, 6) is 0.643. The van der Waals surface area contributed by atoms with Gasteiger partial charge in [-0.15, -0.1) is 0 Å². The van der Waals surface area contributed by atoms with Gasteiger partial charge in [-0.2, -0.15) is 0 Å². The van der Waals surface area contributed by atoms with E-state index in [1.165, 1.54) is 12.8 Å². The number of nitrogens with zero attached hydrogens (tertiary/aromatic N) is 1. The van der Waals surface area contributed by atoms with Crippen LogP contribution < -0.4 is 5.73 Å². The summed E-state index contributed by atoms with van der Waals surface area (Å²) in [6.45, 7) is 3.94. The van der Waals surface area contributed by atoms with Crippen molar-refractivity contribution in [3.05, 3.63) is 28.8 Å².